The lowest BCUT2D eigenvalue weighted by molar-refractivity contribution is -0.0276. The van der Waals surface area contributed by atoms with Gasteiger partial charge >= 0.3 is 0 Å². The van der Waals surface area contributed by atoms with Crippen molar-refractivity contribution in [2.45, 2.75) is 6.54 Å². The molecule has 45 heavy (non-hydrogen) atoms. The molecule has 12 heteroatoms. The van der Waals surface area contributed by atoms with Crippen LogP contribution in [0, 0.1) is 11.2 Å². The van der Waals surface area contributed by atoms with Gasteiger partial charge in [0.2, 0.25) is 0 Å². The fraction of sp³-hybridized carbons (Fsp3) is 0.212. The molecule has 224 valence electrons. The fourth-order valence-corrected chi connectivity index (χ4v) is 6.66. The Morgan fingerprint density at radius 2 is 1.71 bits per heavy atom. The van der Waals surface area contributed by atoms with Crippen LogP contribution in [-0.2, 0) is 6.54 Å². The number of nitrogen functional groups attached to an aromatic ring is 1. The normalized spacial score (nSPS) is 15.8. The average Bonchev–Trinajstić information content (AvgIpc) is 3.39. The molecule has 11 nitrogen and oxygen atoms in total. The smallest absolute Gasteiger partial charge is 0.272 e. The molecule has 0 atom stereocenters. The molecule has 2 aromatic carbocycles. The zero-order valence-corrected chi connectivity index (χ0v) is 24.3. The standard InChI is InChI=1S/C33H27FN8O3/c1-45-31-28(29(43)30(31)44)41-17-33(18-41)15-40(16-33)14-19-4-6-20(7-5-19)27-26(22-3-2-12-36-32(22)35)38-25-11-10-24(39-42(25)27)23-9-8-21(34)13-37-23/h2-13H,14-18H2,1H3,(H2,35,36). The first-order valence-corrected chi connectivity index (χ1v) is 14.5. The molecule has 2 saturated heterocycles. The van der Waals surface area contributed by atoms with Gasteiger partial charge in [-0.1, -0.05) is 24.3 Å². The number of halogens is 1. The van der Waals surface area contributed by atoms with Crippen molar-refractivity contribution in [1.29, 1.82) is 0 Å². The fourth-order valence-electron chi connectivity index (χ4n) is 6.66. The number of hydrogen-bond acceptors (Lipinski definition) is 10. The third-order valence-electron chi connectivity index (χ3n) is 8.73. The van der Waals surface area contributed by atoms with Crippen molar-refractivity contribution >= 4 is 17.2 Å². The molecule has 2 aliphatic heterocycles. The van der Waals surface area contributed by atoms with E-state index < -0.39 is 16.7 Å². The Hall–Kier alpha value is -5.49. The summed E-state index contributed by atoms with van der Waals surface area (Å²) in [4.78, 5) is 41.4. The van der Waals surface area contributed by atoms with Crippen molar-refractivity contribution in [3.05, 3.63) is 105 Å². The number of aromatic nitrogens is 5. The summed E-state index contributed by atoms with van der Waals surface area (Å²) in [6.07, 6.45) is 2.81. The van der Waals surface area contributed by atoms with E-state index in [9.17, 15) is 14.0 Å². The summed E-state index contributed by atoms with van der Waals surface area (Å²) in [6, 6.07) is 18.6. The van der Waals surface area contributed by atoms with Crippen LogP contribution in [-0.4, -0.2) is 62.8 Å². The van der Waals surface area contributed by atoms with Crippen LogP contribution in [0.25, 0.3) is 39.5 Å². The molecule has 0 unspecified atom stereocenters. The largest absolute Gasteiger partial charge is 0.491 e. The van der Waals surface area contributed by atoms with Crippen LogP contribution in [0.4, 0.5) is 15.9 Å². The molecule has 0 saturated carbocycles. The number of fused-ring (bicyclic) bond motifs is 1. The number of anilines is 2. The molecule has 0 radical (unpaired) electrons. The van der Waals surface area contributed by atoms with Gasteiger partial charge in [-0.15, -0.1) is 0 Å². The summed E-state index contributed by atoms with van der Waals surface area (Å²) in [5, 5.41) is 4.84. The van der Waals surface area contributed by atoms with Crippen LogP contribution in [0.5, 0.6) is 5.75 Å². The topological polar surface area (TPSA) is 132 Å². The molecule has 0 aliphatic carbocycles. The molecular weight excluding hydrogens is 575 g/mol. The van der Waals surface area contributed by atoms with E-state index in [0.717, 1.165) is 49.5 Å². The molecule has 1 spiro atoms. The Labute approximate surface area is 256 Å². The van der Waals surface area contributed by atoms with E-state index >= 15 is 0 Å². The minimum atomic E-state index is -0.534. The highest BCUT2D eigenvalue weighted by molar-refractivity contribution is 5.86. The molecule has 4 aromatic heterocycles. The first-order chi connectivity index (χ1) is 21.8. The van der Waals surface area contributed by atoms with Gasteiger partial charge in [0, 0.05) is 55.5 Å². The highest BCUT2D eigenvalue weighted by atomic mass is 19.1. The molecule has 0 amide bonds. The molecular formula is C33H27FN8O3. The van der Waals surface area contributed by atoms with Gasteiger partial charge in [0.15, 0.2) is 11.4 Å². The number of pyridine rings is 2. The van der Waals surface area contributed by atoms with Crippen molar-refractivity contribution in [1.82, 2.24) is 29.5 Å². The van der Waals surface area contributed by atoms with Gasteiger partial charge < -0.3 is 15.4 Å². The van der Waals surface area contributed by atoms with Gasteiger partial charge in [-0.3, -0.25) is 19.5 Å². The number of likely N-dealkylation sites (tertiary alicyclic amines) is 1. The Balaban J connectivity index is 1.05. The summed E-state index contributed by atoms with van der Waals surface area (Å²) in [6.45, 7) is 4.14. The number of hydrogen-bond donors (Lipinski definition) is 1. The molecule has 6 aromatic rings. The number of nitrogens with zero attached hydrogens (tertiary/aromatic N) is 7. The second-order valence-electron chi connectivity index (χ2n) is 11.8. The summed E-state index contributed by atoms with van der Waals surface area (Å²) in [5.41, 5.74) is 11.8. The number of nitrogens with two attached hydrogens (primary N) is 1. The third kappa shape index (κ3) is 4.36. The van der Waals surface area contributed by atoms with Gasteiger partial charge in [-0.25, -0.2) is 18.9 Å². The van der Waals surface area contributed by atoms with E-state index in [-0.39, 0.29) is 11.2 Å². The van der Waals surface area contributed by atoms with Crippen LogP contribution < -0.4 is 26.2 Å². The van der Waals surface area contributed by atoms with Gasteiger partial charge in [0.25, 0.3) is 10.9 Å². The maximum atomic E-state index is 13.5. The highest BCUT2D eigenvalue weighted by Crippen LogP contribution is 2.43. The lowest BCUT2D eigenvalue weighted by atomic mass is 9.72. The first-order valence-electron chi connectivity index (χ1n) is 14.5. The van der Waals surface area contributed by atoms with E-state index in [1.807, 2.05) is 29.2 Å². The van der Waals surface area contributed by atoms with E-state index in [4.69, 9.17) is 20.6 Å². The summed E-state index contributed by atoms with van der Waals surface area (Å²) in [7, 11) is 1.43. The summed E-state index contributed by atoms with van der Waals surface area (Å²) in [5.74, 6) is 0.135. The molecule has 2 fully saturated rings. The Morgan fingerprint density at radius 3 is 2.42 bits per heavy atom. The SMILES string of the molecule is COc1c(N2CC3(CN(Cc4ccc(-c5c(-c6cccnc6N)nc6ccc(-c7ccc(F)cn7)nn56)cc4)C3)C2)c(=O)c1=O. The molecule has 6 heterocycles. The number of rotatable bonds is 7. The lowest BCUT2D eigenvalue weighted by Crippen LogP contribution is -2.73. The van der Waals surface area contributed by atoms with E-state index in [1.54, 1.807) is 16.8 Å². The van der Waals surface area contributed by atoms with Crippen LogP contribution >= 0.6 is 0 Å². The number of ether oxygens (including phenoxy) is 1. The van der Waals surface area contributed by atoms with Gasteiger partial charge in [0.05, 0.1) is 19.0 Å². The van der Waals surface area contributed by atoms with E-state index in [1.165, 1.54) is 19.4 Å². The zero-order chi connectivity index (χ0) is 30.9. The van der Waals surface area contributed by atoms with E-state index in [2.05, 4.69) is 39.1 Å². The summed E-state index contributed by atoms with van der Waals surface area (Å²) >= 11 is 0. The summed E-state index contributed by atoms with van der Waals surface area (Å²) < 4.78 is 20.4. The maximum Gasteiger partial charge on any atom is 0.272 e. The van der Waals surface area contributed by atoms with Crippen LogP contribution in [0.1, 0.15) is 5.56 Å². The predicted molar refractivity (Wildman–Crippen MR) is 167 cm³/mol. The number of benzene rings is 1. The van der Waals surface area contributed by atoms with Gasteiger partial charge in [-0.05, 0) is 42.0 Å². The van der Waals surface area contributed by atoms with Crippen LogP contribution in [0.3, 0.4) is 0 Å². The first kappa shape index (κ1) is 27.1. The average molecular weight is 603 g/mol. The van der Waals surface area contributed by atoms with E-state index in [0.29, 0.717) is 39.8 Å². The second-order valence-corrected chi connectivity index (χ2v) is 11.8. The van der Waals surface area contributed by atoms with Crippen molar-refractivity contribution < 1.29 is 9.13 Å². The Bertz CT molecular complexity index is 2160. The van der Waals surface area contributed by atoms with Crippen molar-refractivity contribution in [2.75, 3.05) is 43.9 Å². The lowest BCUT2D eigenvalue weighted by Gasteiger charge is -2.61. The quantitative estimate of drug-likeness (QED) is 0.272. The molecule has 0 bridgehead atoms. The molecule has 8 rings (SSSR count). The van der Waals surface area contributed by atoms with Gasteiger partial charge in [0.1, 0.15) is 34.4 Å². The minimum absolute atomic E-state index is 0.141. The van der Waals surface area contributed by atoms with Crippen LogP contribution in [0.2, 0.25) is 0 Å². The predicted octanol–water partition coefficient (Wildman–Crippen LogP) is 3.17. The molecule has 2 aliphatic rings. The highest BCUT2D eigenvalue weighted by Gasteiger charge is 2.53. The van der Waals surface area contributed by atoms with Crippen LogP contribution in [0.15, 0.2) is 82.6 Å². The van der Waals surface area contributed by atoms with Crippen molar-refractivity contribution in [3.63, 3.8) is 0 Å². The monoisotopic (exact) mass is 602 g/mol. The maximum absolute atomic E-state index is 13.5. The molecule has 2 N–H and O–H groups in total. The Morgan fingerprint density at radius 1 is 0.933 bits per heavy atom. The second kappa shape index (κ2) is 10.0. The minimum Gasteiger partial charge on any atom is -0.491 e. The Kier molecular flexibility index (Phi) is 6.04. The number of methoxy groups -OCH3 is 1. The van der Waals surface area contributed by atoms with Crippen molar-refractivity contribution in [3.8, 4) is 39.7 Å². The third-order valence-corrected chi connectivity index (χ3v) is 8.73. The van der Waals surface area contributed by atoms with Crippen molar-refractivity contribution in [2.24, 2.45) is 5.41 Å². The number of imidazole rings is 1. The van der Waals surface area contributed by atoms with Gasteiger partial charge in [-0.2, -0.15) is 5.10 Å². The zero-order valence-electron chi connectivity index (χ0n) is 24.3.